The zero-order valence-electron chi connectivity index (χ0n) is 10.7. The quantitative estimate of drug-likeness (QED) is 0.919. The predicted octanol–water partition coefficient (Wildman–Crippen LogP) is 3.41. The van der Waals surface area contributed by atoms with Crippen LogP contribution in [-0.2, 0) is 12.2 Å². The maximum atomic E-state index is 5.86. The Morgan fingerprint density at radius 1 is 1.47 bits per heavy atom. The van der Waals surface area contributed by atoms with Crippen molar-refractivity contribution in [3.05, 3.63) is 53.3 Å². The van der Waals surface area contributed by atoms with Crippen molar-refractivity contribution in [3.63, 3.8) is 0 Å². The minimum atomic E-state index is 0. The second kappa shape index (κ2) is 7.38. The second-order valence-electron chi connectivity index (χ2n) is 4.06. The van der Waals surface area contributed by atoms with Crippen molar-refractivity contribution in [2.24, 2.45) is 0 Å². The summed E-state index contributed by atoms with van der Waals surface area (Å²) in [6.45, 7) is 3.74. The summed E-state index contributed by atoms with van der Waals surface area (Å²) in [5.74, 6) is 1.87. The highest BCUT2D eigenvalue weighted by molar-refractivity contribution is 7.97. The van der Waals surface area contributed by atoms with Gasteiger partial charge >= 0.3 is 0 Å². The molecular formula is C14H17ClN2OS. The van der Waals surface area contributed by atoms with Gasteiger partial charge in [-0.2, -0.15) is 11.8 Å². The SMILES string of the molecule is C=C(Cl)Cc1ccc(-c2ncc[nH]2)c(CSC)c1.O. The van der Waals surface area contributed by atoms with E-state index in [1.54, 1.807) is 18.0 Å². The molecule has 1 aromatic carbocycles. The van der Waals surface area contributed by atoms with E-state index >= 15 is 0 Å². The molecule has 2 rings (SSSR count). The molecule has 5 heteroatoms. The van der Waals surface area contributed by atoms with E-state index in [0.29, 0.717) is 11.5 Å². The molecule has 0 fully saturated rings. The van der Waals surface area contributed by atoms with Gasteiger partial charge in [-0.05, 0) is 17.4 Å². The Kier molecular flexibility index (Phi) is 6.15. The van der Waals surface area contributed by atoms with Crippen LogP contribution in [0, 0.1) is 0 Å². The molecule has 0 radical (unpaired) electrons. The predicted molar refractivity (Wildman–Crippen MR) is 83.6 cm³/mol. The van der Waals surface area contributed by atoms with E-state index in [-0.39, 0.29) is 5.48 Å². The largest absolute Gasteiger partial charge is 0.412 e. The van der Waals surface area contributed by atoms with Gasteiger partial charge in [-0.25, -0.2) is 4.98 Å². The Bertz CT molecular complexity index is 540. The topological polar surface area (TPSA) is 60.2 Å². The minimum absolute atomic E-state index is 0. The van der Waals surface area contributed by atoms with Crippen molar-refractivity contribution in [1.29, 1.82) is 0 Å². The van der Waals surface area contributed by atoms with Gasteiger partial charge < -0.3 is 10.5 Å². The van der Waals surface area contributed by atoms with Crippen molar-refractivity contribution < 1.29 is 5.48 Å². The van der Waals surface area contributed by atoms with E-state index in [0.717, 1.165) is 17.1 Å². The van der Waals surface area contributed by atoms with Crippen LogP contribution < -0.4 is 0 Å². The molecule has 0 amide bonds. The second-order valence-corrected chi connectivity index (χ2v) is 5.46. The number of thioether (sulfide) groups is 1. The molecule has 0 aliphatic rings. The Labute approximate surface area is 122 Å². The lowest BCUT2D eigenvalue weighted by Crippen LogP contribution is -1.93. The fourth-order valence-electron chi connectivity index (χ4n) is 1.90. The average molecular weight is 297 g/mol. The van der Waals surface area contributed by atoms with Crippen molar-refractivity contribution in [2.45, 2.75) is 12.2 Å². The summed E-state index contributed by atoms with van der Waals surface area (Å²) in [4.78, 5) is 7.46. The number of benzene rings is 1. The summed E-state index contributed by atoms with van der Waals surface area (Å²) in [7, 11) is 0. The van der Waals surface area contributed by atoms with Crippen LogP contribution >= 0.6 is 23.4 Å². The Balaban J connectivity index is 0.00000180. The van der Waals surface area contributed by atoms with Gasteiger partial charge in [0.05, 0.1) is 0 Å². The number of halogens is 1. The molecule has 1 heterocycles. The molecular weight excluding hydrogens is 280 g/mol. The van der Waals surface area contributed by atoms with E-state index in [1.807, 2.05) is 6.20 Å². The van der Waals surface area contributed by atoms with Crippen LogP contribution in [-0.4, -0.2) is 21.7 Å². The number of nitrogens with zero attached hydrogens (tertiary/aromatic N) is 1. The number of hydrogen-bond donors (Lipinski definition) is 1. The summed E-state index contributed by atoms with van der Waals surface area (Å²) in [6, 6.07) is 6.36. The Hall–Kier alpha value is -1.23. The first-order valence-electron chi connectivity index (χ1n) is 5.64. The fraction of sp³-hybridized carbons (Fsp3) is 0.214. The highest BCUT2D eigenvalue weighted by Crippen LogP contribution is 2.25. The zero-order chi connectivity index (χ0) is 13.0. The van der Waals surface area contributed by atoms with E-state index in [9.17, 15) is 0 Å². The zero-order valence-corrected chi connectivity index (χ0v) is 12.3. The first-order valence-corrected chi connectivity index (χ1v) is 7.41. The fourth-order valence-corrected chi connectivity index (χ4v) is 2.60. The van der Waals surface area contributed by atoms with Crippen molar-refractivity contribution in [2.75, 3.05) is 6.26 Å². The number of rotatable bonds is 5. The third-order valence-electron chi connectivity index (χ3n) is 2.62. The first kappa shape index (κ1) is 15.8. The van der Waals surface area contributed by atoms with Gasteiger partial charge in [-0.15, -0.1) is 0 Å². The van der Waals surface area contributed by atoms with Crippen LogP contribution in [0.2, 0.25) is 0 Å². The molecule has 0 saturated heterocycles. The summed E-state index contributed by atoms with van der Waals surface area (Å²) < 4.78 is 0. The van der Waals surface area contributed by atoms with E-state index in [4.69, 9.17) is 11.6 Å². The molecule has 3 N–H and O–H groups in total. The lowest BCUT2D eigenvalue weighted by atomic mass is 10.0. The van der Waals surface area contributed by atoms with Crippen LogP contribution in [0.1, 0.15) is 11.1 Å². The number of imidazole rings is 1. The van der Waals surface area contributed by atoms with Gasteiger partial charge in [-0.3, -0.25) is 0 Å². The van der Waals surface area contributed by atoms with Crippen LogP contribution in [0.15, 0.2) is 42.2 Å². The highest BCUT2D eigenvalue weighted by atomic mass is 35.5. The maximum absolute atomic E-state index is 5.86. The lowest BCUT2D eigenvalue weighted by molar-refractivity contribution is 0.824. The van der Waals surface area contributed by atoms with E-state index in [2.05, 4.69) is 41.0 Å². The lowest BCUT2D eigenvalue weighted by Gasteiger charge is -2.09. The standard InChI is InChI=1S/C14H15ClN2S.H2O/c1-10(15)7-11-3-4-13(12(8-11)9-18-2)14-16-5-6-17-14;/h3-6,8H,1,7,9H2,2H3,(H,16,17);1H2. The van der Waals surface area contributed by atoms with Gasteiger partial charge in [0.25, 0.3) is 0 Å². The number of hydrogen-bond acceptors (Lipinski definition) is 2. The monoisotopic (exact) mass is 296 g/mol. The molecule has 0 saturated carbocycles. The molecule has 2 aromatic rings. The van der Waals surface area contributed by atoms with Gasteiger partial charge in [0.15, 0.2) is 0 Å². The summed E-state index contributed by atoms with van der Waals surface area (Å²) in [5.41, 5.74) is 3.61. The van der Waals surface area contributed by atoms with Crippen LogP contribution in [0.4, 0.5) is 0 Å². The molecule has 0 bridgehead atoms. The first-order chi connectivity index (χ1) is 8.70. The highest BCUT2D eigenvalue weighted by Gasteiger charge is 2.08. The molecule has 0 atom stereocenters. The van der Waals surface area contributed by atoms with Gasteiger partial charge in [-0.1, -0.05) is 36.4 Å². The molecule has 102 valence electrons. The molecule has 0 spiro atoms. The van der Waals surface area contributed by atoms with Crippen LogP contribution in [0.3, 0.4) is 0 Å². The minimum Gasteiger partial charge on any atom is -0.412 e. The van der Waals surface area contributed by atoms with E-state index in [1.165, 1.54) is 11.1 Å². The molecule has 19 heavy (non-hydrogen) atoms. The normalized spacial score (nSPS) is 10.0. The van der Waals surface area contributed by atoms with Crippen molar-refractivity contribution in [1.82, 2.24) is 9.97 Å². The van der Waals surface area contributed by atoms with Crippen LogP contribution in [0.25, 0.3) is 11.4 Å². The summed E-state index contributed by atoms with van der Waals surface area (Å²) >= 11 is 7.66. The van der Waals surface area contributed by atoms with Crippen molar-refractivity contribution in [3.8, 4) is 11.4 Å². The number of allylic oxidation sites excluding steroid dienone is 1. The van der Waals surface area contributed by atoms with Gasteiger partial charge in [0.1, 0.15) is 5.82 Å². The van der Waals surface area contributed by atoms with Gasteiger partial charge in [0.2, 0.25) is 0 Å². The van der Waals surface area contributed by atoms with Gasteiger partial charge in [0, 0.05) is 35.2 Å². The molecule has 0 aliphatic carbocycles. The molecule has 3 nitrogen and oxygen atoms in total. The van der Waals surface area contributed by atoms with Crippen molar-refractivity contribution >= 4 is 23.4 Å². The number of nitrogens with one attached hydrogen (secondary N) is 1. The molecule has 0 aliphatic heterocycles. The average Bonchev–Trinajstić information content (AvgIpc) is 2.82. The number of aromatic amines is 1. The third kappa shape index (κ3) is 4.13. The van der Waals surface area contributed by atoms with Crippen LogP contribution in [0.5, 0.6) is 0 Å². The molecule has 0 unspecified atom stereocenters. The smallest absolute Gasteiger partial charge is 0.137 e. The summed E-state index contributed by atoms with van der Waals surface area (Å²) in [5, 5.41) is 0.663. The number of H-pyrrole nitrogens is 1. The Morgan fingerprint density at radius 2 is 2.26 bits per heavy atom. The third-order valence-corrected chi connectivity index (χ3v) is 3.35. The summed E-state index contributed by atoms with van der Waals surface area (Å²) in [6.07, 6.45) is 6.42. The Morgan fingerprint density at radius 3 is 2.84 bits per heavy atom. The number of aromatic nitrogens is 2. The van der Waals surface area contributed by atoms with E-state index < -0.39 is 0 Å². The molecule has 1 aromatic heterocycles. The maximum Gasteiger partial charge on any atom is 0.137 e.